The molecule has 2 aliphatic heterocycles. The lowest BCUT2D eigenvalue weighted by Gasteiger charge is -2.37. The molecule has 170 valence electrons. The van der Waals surface area contributed by atoms with Crippen LogP contribution in [0.25, 0.3) is 0 Å². The SMILES string of the molecule is CO/N=C(\c1ccccn1)C1CCN(C(=O)C2CCN(Cc3ccnc(N)c3)CC2)CC1. The first-order chi connectivity index (χ1) is 15.6. The van der Waals surface area contributed by atoms with E-state index in [-0.39, 0.29) is 11.8 Å². The van der Waals surface area contributed by atoms with Crippen LogP contribution in [0.1, 0.15) is 36.9 Å². The molecule has 4 rings (SSSR count). The van der Waals surface area contributed by atoms with Crippen molar-refractivity contribution in [1.29, 1.82) is 0 Å². The summed E-state index contributed by atoms with van der Waals surface area (Å²) in [5.74, 6) is 1.23. The molecule has 0 radical (unpaired) electrons. The number of rotatable bonds is 6. The maximum Gasteiger partial charge on any atom is 0.225 e. The average Bonchev–Trinajstić information content (AvgIpc) is 2.83. The van der Waals surface area contributed by atoms with E-state index in [0.717, 1.165) is 69.8 Å². The lowest BCUT2D eigenvalue weighted by molar-refractivity contribution is -0.138. The van der Waals surface area contributed by atoms with Crippen LogP contribution in [0.2, 0.25) is 0 Å². The number of hydrogen-bond acceptors (Lipinski definition) is 7. The highest BCUT2D eigenvalue weighted by Crippen LogP contribution is 2.26. The van der Waals surface area contributed by atoms with Gasteiger partial charge >= 0.3 is 0 Å². The molecule has 2 fully saturated rings. The minimum absolute atomic E-state index is 0.119. The fraction of sp³-hybridized carbons (Fsp3) is 0.500. The van der Waals surface area contributed by atoms with Crippen molar-refractivity contribution >= 4 is 17.4 Å². The van der Waals surface area contributed by atoms with Gasteiger partial charge in [0.2, 0.25) is 5.91 Å². The van der Waals surface area contributed by atoms with Gasteiger partial charge in [-0.05, 0) is 68.6 Å². The summed E-state index contributed by atoms with van der Waals surface area (Å²) in [6.45, 7) is 4.23. The second-order valence-electron chi connectivity index (χ2n) is 8.61. The largest absolute Gasteiger partial charge is 0.399 e. The molecule has 8 nitrogen and oxygen atoms in total. The summed E-state index contributed by atoms with van der Waals surface area (Å²) in [5.41, 5.74) is 8.69. The number of oxime groups is 1. The van der Waals surface area contributed by atoms with Gasteiger partial charge in [-0.2, -0.15) is 0 Å². The van der Waals surface area contributed by atoms with Gasteiger partial charge in [-0.1, -0.05) is 11.2 Å². The highest BCUT2D eigenvalue weighted by molar-refractivity contribution is 6.00. The van der Waals surface area contributed by atoms with Gasteiger partial charge in [0.1, 0.15) is 18.6 Å². The van der Waals surface area contributed by atoms with E-state index in [9.17, 15) is 4.79 Å². The van der Waals surface area contributed by atoms with Gasteiger partial charge in [0.25, 0.3) is 0 Å². The number of carbonyl (C=O) groups is 1. The number of likely N-dealkylation sites (tertiary alicyclic amines) is 2. The number of anilines is 1. The summed E-state index contributed by atoms with van der Waals surface area (Å²) in [7, 11) is 1.57. The number of nitrogens with two attached hydrogens (primary N) is 1. The first-order valence-corrected chi connectivity index (χ1v) is 11.4. The lowest BCUT2D eigenvalue weighted by atomic mass is 9.88. The summed E-state index contributed by atoms with van der Waals surface area (Å²) >= 11 is 0. The molecular formula is C24H32N6O2. The Balaban J connectivity index is 1.27. The number of nitrogen functional groups attached to an aromatic ring is 1. The third kappa shape index (κ3) is 5.43. The second kappa shape index (κ2) is 10.5. The molecule has 2 saturated heterocycles. The second-order valence-corrected chi connectivity index (χ2v) is 8.61. The van der Waals surface area contributed by atoms with Crippen molar-refractivity contribution in [2.45, 2.75) is 32.2 Å². The van der Waals surface area contributed by atoms with Gasteiger partial charge in [0.15, 0.2) is 0 Å². The number of amides is 1. The van der Waals surface area contributed by atoms with Crippen molar-refractivity contribution in [2.75, 3.05) is 39.0 Å². The Morgan fingerprint density at radius 2 is 1.81 bits per heavy atom. The van der Waals surface area contributed by atoms with E-state index in [2.05, 4.69) is 20.0 Å². The van der Waals surface area contributed by atoms with E-state index in [4.69, 9.17) is 10.6 Å². The van der Waals surface area contributed by atoms with Crippen molar-refractivity contribution in [2.24, 2.45) is 17.0 Å². The van der Waals surface area contributed by atoms with Crippen LogP contribution in [0, 0.1) is 11.8 Å². The molecule has 2 N–H and O–H groups in total. The third-order valence-corrected chi connectivity index (χ3v) is 6.50. The van der Waals surface area contributed by atoms with Crippen LogP contribution < -0.4 is 5.73 Å². The molecule has 2 aromatic heterocycles. The normalized spacial score (nSPS) is 19.2. The van der Waals surface area contributed by atoms with E-state index in [1.165, 1.54) is 5.56 Å². The predicted molar refractivity (Wildman–Crippen MR) is 124 cm³/mol. The molecule has 8 heteroatoms. The molecule has 0 unspecified atom stereocenters. The minimum Gasteiger partial charge on any atom is -0.399 e. The first-order valence-electron chi connectivity index (χ1n) is 11.4. The van der Waals surface area contributed by atoms with Crippen LogP contribution in [-0.4, -0.2) is 64.7 Å². The van der Waals surface area contributed by atoms with Crippen molar-refractivity contribution < 1.29 is 9.63 Å². The predicted octanol–water partition coefficient (Wildman–Crippen LogP) is 2.56. The molecule has 0 atom stereocenters. The Morgan fingerprint density at radius 3 is 2.47 bits per heavy atom. The molecule has 32 heavy (non-hydrogen) atoms. The number of nitrogens with zero attached hydrogens (tertiary/aromatic N) is 5. The molecular weight excluding hydrogens is 404 g/mol. The first kappa shape index (κ1) is 22.2. The Morgan fingerprint density at radius 1 is 1.06 bits per heavy atom. The molecule has 4 heterocycles. The van der Waals surface area contributed by atoms with Crippen molar-refractivity contribution in [3.8, 4) is 0 Å². The van der Waals surface area contributed by atoms with Gasteiger partial charge in [-0.3, -0.25) is 14.7 Å². The zero-order valence-corrected chi connectivity index (χ0v) is 18.7. The summed E-state index contributed by atoms with van der Waals surface area (Å²) in [6, 6.07) is 9.75. The Labute approximate surface area is 189 Å². The van der Waals surface area contributed by atoms with Gasteiger partial charge < -0.3 is 15.5 Å². The summed E-state index contributed by atoms with van der Waals surface area (Å²) in [6.07, 6.45) is 7.10. The number of piperidine rings is 2. The van der Waals surface area contributed by atoms with E-state index >= 15 is 0 Å². The maximum atomic E-state index is 13.2. The zero-order chi connectivity index (χ0) is 22.3. The fourth-order valence-corrected chi connectivity index (χ4v) is 4.76. The molecule has 2 aromatic rings. The topological polar surface area (TPSA) is 96.9 Å². The molecule has 0 spiro atoms. The van der Waals surface area contributed by atoms with Crippen LogP contribution in [-0.2, 0) is 16.2 Å². The highest BCUT2D eigenvalue weighted by Gasteiger charge is 2.32. The number of carbonyl (C=O) groups excluding carboxylic acids is 1. The van der Waals surface area contributed by atoms with E-state index in [0.29, 0.717) is 11.7 Å². The number of aromatic nitrogens is 2. The van der Waals surface area contributed by atoms with Gasteiger partial charge in [0, 0.05) is 43.9 Å². The van der Waals surface area contributed by atoms with E-state index < -0.39 is 0 Å². The van der Waals surface area contributed by atoms with Crippen molar-refractivity contribution in [3.63, 3.8) is 0 Å². The molecule has 0 aliphatic carbocycles. The quantitative estimate of drug-likeness (QED) is 0.552. The van der Waals surface area contributed by atoms with E-state index in [1.807, 2.05) is 35.2 Å². The average molecular weight is 437 g/mol. The van der Waals surface area contributed by atoms with Gasteiger partial charge in [-0.25, -0.2) is 4.98 Å². The number of hydrogen-bond donors (Lipinski definition) is 1. The zero-order valence-electron chi connectivity index (χ0n) is 18.7. The lowest BCUT2D eigenvalue weighted by Crippen LogP contribution is -2.46. The Bertz CT molecular complexity index is 919. The van der Waals surface area contributed by atoms with Crippen LogP contribution in [0.15, 0.2) is 47.9 Å². The van der Waals surface area contributed by atoms with Crippen LogP contribution in [0.4, 0.5) is 5.82 Å². The summed E-state index contributed by atoms with van der Waals surface area (Å²) in [5, 5.41) is 4.26. The summed E-state index contributed by atoms with van der Waals surface area (Å²) < 4.78 is 0. The van der Waals surface area contributed by atoms with E-state index in [1.54, 1.807) is 19.5 Å². The molecule has 0 saturated carbocycles. The maximum absolute atomic E-state index is 13.2. The molecule has 1 amide bonds. The van der Waals surface area contributed by atoms with Crippen LogP contribution in [0.3, 0.4) is 0 Å². The monoisotopic (exact) mass is 436 g/mol. The van der Waals surface area contributed by atoms with Gasteiger partial charge in [0.05, 0.1) is 5.69 Å². The van der Waals surface area contributed by atoms with Crippen LogP contribution >= 0.6 is 0 Å². The number of pyridine rings is 2. The Hall–Kier alpha value is -3.00. The highest BCUT2D eigenvalue weighted by atomic mass is 16.6. The van der Waals surface area contributed by atoms with Gasteiger partial charge in [-0.15, -0.1) is 0 Å². The Kier molecular flexibility index (Phi) is 7.32. The van der Waals surface area contributed by atoms with Crippen molar-refractivity contribution in [1.82, 2.24) is 19.8 Å². The molecule has 2 aliphatic rings. The smallest absolute Gasteiger partial charge is 0.225 e. The minimum atomic E-state index is 0.119. The van der Waals surface area contributed by atoms with Crippen LogP contribution in [0.5, 0.6) is 0 Å². The standard InChI is InChI=1S/C24H32N6O2/c1-32-28-23(21-4-2-3-10-26-21)19-8-14-30(15-9-19)24(31)20-6-12-29(13-7-20)17-18-5-11-27-22(25)16-18/h2-5,10-11,16,19-20H,6-9,12-15,17H2,1H3,(H2,25,27)/b28-23-. The van der Waals surface area contributed by atoms with Crippen molar-refractivity contribution in [3.05, 3.63) is 54.0 Å². The molecule has 0 bridgehead atoms. The summed E-state index contributed by atoms with van der Waals surface area (Å²) in [4.78, 5) is 31.2. The third-order valence-electron chi connectivity index (χ3n) is 6.50. The fourth-order valence-electron chi connectivity index (χ4n) is 4.76. The molecule has 0 aromatic carbocycles.